The number of carboxylic acids is 1. The summed E-state index contributed by atoms with van der Waals surface area (Å²) in [5, 5.41) is 9.47. The fraction of sp³-hybridized carbons (Fsp3) is 0.133. The first-order valence-electron chi connectivity index (χ1n) is 5.77. The number of benzene rings is 2. The number of hydrogen-bond acceptors (Lipinski definition) is 2. The highest BCUT2D eigenvalue weighted by Gasteiger charge is 2.32. The predicted molar refractivity (Wildman–Crippen MR) is 67.2 cm³/mol. The van der Waals surface area contributed by atoms with Crippen LogP contribution in [0.1, 0.15) is 22.6 Å². The van der Waals surface area contributed by atoms with Crippen molar-refractivity contribution in [1.29, 1.82) is 0 Å². The highest BCUT2D eigenvalue weighted by atomic mass is 16.5. The van der Waals surface area contributed by atoms with E-state index in [9.17, 15) is 9.90 Å². The van der Waals surface area contributed by atoms with Gasteiger partial charge in [-0.1, -0.05) is 35.9 Å². The van der Waals surface area contributed by atoms with Gasteiger partial charge >= 0.3 is 5.97 Å². The molecule has 0 bridgehead atoms. The molecule has 1 aliphatic rings. The monoisotopic (exact) mass is 240 g/mol. The van der Waals surface area contributed by atoms with Crippen LogP contribution >= 0.6 is 0 Å². The fourth-order valence-electron chi connectivity index (χ4n) is 2.35. The van der Waals surface area contributed by atoms with E-state index in [0.29, 0.717) is 17.1 Å². The van der Waals surface area contributed by atoms with E-state index in [1.54, 1.807) is 12.1 Å². The maximum atomic E-state index is 11.5. The lowest BCUT2D eigenvalue weighted by Crippen LogP contribution is -2.18. The van der Waals surface area contributed by atoms with Crippen molar-refractivity contribution in [2.45, 2.75) is 12.8 Å². The number of rotatable bonds is 1. The topological polar surface area (TPSA) is 46.5 Å². The molecule has 1 N–H and O–H groups in total. The summed E-state index contributed by atoms with van der Waals surface area (Å²) >= 11 is 0. The van der Waals surface area contributed by atoms with Crippen LogP contribution in [0, 0.1) is 6.92 Å². The molecular weight excluding hydrogens is 228 g/mol. The molecule has 2 aromatic rings. The average Bonchev–Trinajstić information content (AvgIpc) is 2.35. The zero-order chi connectivity index (χ0) is 12.7. The first-order valence-corrected chi connectivity index (χ1v) is 5.77. The third-order valence-electron chi connectivity index (χ3n) is 3.17. The van der Waals surface area contributed by atoms with E-state index in [1.807, 2.05) is 37.3 Å². The van der Waals surface area contributed by atoms with Gasteiger partial charge in [-0.25, -0.2) is 0 Å². The zero-order valence-electron chi connectivity index (χ0n) is 9.88. The van der Waals surface area contributed by atoms with Gasteiger partial charge in [0.15, 0.2) is 0 Å². The largest absolute Gasteiger partial charge is 0.481 e. The van der Waals surface area contributed by atoms with Gasteiger partial charge in [-0.2, -0.15) is 0 Å². The van der Waals surface area contributed by atoms with Crippen molar-refractivity contribution in [2.75, 3.05) is 0 Å². The quantitative estimate of drug-likeness (QED) is 0.831. The highest BCUT2D eigenvalue weighted by molar-refractivity contribution is 5.83. The summed E-state index contributed by atoms with van der Waals surface area (Å²) in [6.45, 7) is 1.94. The maximum Gasteiger partial charge on any atom is 0.315 e. The number of aryl methyl sites for hydroxylation is 1. The number of hydrogen-bond donors (Lipinski definition) is 1. The van der Waals surface area contributed by atoms with E-state index >= 15 is 0 Å². The fourth-order valence-corrected chi connectivity index (χ4v) is 2.35. The van der Waals surface area contributed by atoms with E-state index in [-0.39, 0.29) is 0 Å². The maximum absolute atomic E-state index is 11.5. The lowest BCUT2D eigenvalue weighted by Gasteiger charge is -2.25. The summed E-state index contributed by atoms with van der Waals surface area (Å²) in [6, 6.07) is 12.9. The SMILES string of the molecule is Cc1ccc2c(c1)[C@@H](C(=O)O)c1ccccc1O2. The molecule has 1 atom stereocenters. The minimum Gasteiger partial charge on any atom is -0.481 e. The van der Waals surface area contributed by atoms with Gasteiger partial charge in [-0.05, 0) is 19.1 Å². The molecule has 1 aliphatic heterocycles. The van der Waals surface area contributed by atoms with Gasteiger partial charge in [0.2, 0.25) is 0 Å². The van der Waals surface area contributed by atoms with Crippen LogP contribution in [0.3, 0.4) is 0 Å². The average molecular weight is 240 g/mol. The van der Waals surface area contributed by atoms with Crippen molar-refractivity contribution in [3.63, 3.8) is 0 Å². The summed E-state index contributed by atoms with van der Waals surface area (Å²) in [5.74, 6) is -0.240. The second-order valence-electron chi connectivity index (χ2n) is 4.45. The Labute approximate surface area is 105 Å². The number of fused-ring (bicyclic) bond motifs is 2. The Morgan fingerprint density at radius 1 is 1.11 bits per heavy atom. The summed E-state index contributed by atoms with van der Waals surface area (Å²) in [4.78, 5) is 11.5. The van der Waals surface area contributed by atoms with Crippen LogP contribution in [0.2, 0.25) is 0 Å². The van der Waals surface area contributed by atoms with Crippen LogP contribution in [0.15, 0.2) is 42.5 Å². The van der Waals surface area contributed by atoms with Crippen molar-refractivity contribution in [2.24, 2.45) is 0 Å². The van der Waals surface area contributed by atoms with Gasteiger partial charge < -0.3 is 9.84 Å². The van der Waals surface area contributed by atoms with Crippen LogP contribution in [0.4, 0.5) is 0 Å². The molecule has 0 saturated heterocycles. The summed E-state index contributed by atoms with van der Waals surface area (Å²) in [6.07, 6.45) is 0. The molecule has 3 heteroatoms. The van der Waals surface area contributed by atoms with Gasteiger partial charge in [0, 0.05) is 11.1 Å². The molecule has 0 fully saturated rings. The van der Waals surface area contributed by atoms with Crippen LogP contribution in [0.5, 0.6) is 11.5 Å². The number of para-hydroxylation sites is 1. The number of carbonyl (C=O) groups is 1. The summed E-state index contributed by atoms with van der Waals surface area (Å²) in [5.41, 5.74) is 2.47. The molecule has 90 valence electrons. The second kappa shape index (κ2) is 3.88. The normalized spacial score (nSPS) is 16.4. The van der Waals surface area contributed by atoms with Crippen molar-refractivity contribution < 1.29 is 14.6 Å². The molecule has 0 aromatic heterocycles. The molecular formula is C15H12O3. The number of ether oxygens (including phenoxy) is 1. The predicted octanol–water partition coefficient (Wildman–Crippen LogP) is 3.32. The Bertz CT molecular complexity index is 631. The standard InChI is InChI=1S/C15H12O3/c1-9-6-7-13-11(8-9)14(15(16)17)10-4-2-3-5-12(10)18-13/h2-8,14H,1H3,(H,16,17)/t14-/m0/s1. The molecule has 0 amide bonds. The Morgan fingerprint density at radius 3 is 2.61 bits per heavy atom. The van der Waals surface area contributed by atoms with Crippen LogP contribution in [-0.4, -0.2) is 11.1 Å². The van der Waals surface area contributed by atoms with E-state index < -0.39 is 11.9 Å². The van der Waals surface area contributed by atoms with Crippen LogP contribution in [0.25, 0.3) is 0 Å². The van der Waals surface area contributed by atoms with Gasteiger partial charge in [0.1, 0.15) is 17.4 Å². The van der Waals surface area contributed by atoms with Crippen molar-refractivity contribution >= 4 is 5.97 Å². The number of carboxylic acid groups (broad SMARTS) is 1. The van der Waals surface area contributed by atoms with E-state index in [1.165, 1.54) is 0 Å². The molecule has 0 unspecified atom stereocenters. The van der Waals surface area contributed by atoms with E-state index in [4.69, 9.17) is 4.74 Å². The van der Waals surface area contributed by atoms with Crippen molar-refractivity contribution in [1.82, 2.24) is 0 Å². The second-order valence-corrected chi connectivity index (χ2v) is 4.45. The lowest BCUT2D eigenvalue weighted by molar-refractivity contribution is -0.137. The zero-order valence-corrected chi connectivity index (χ0v) is 9.88. The van der Waals surface area contributed by atoms with Crippen molar-refractivity contribution in [3.8, 4) is 11.5 Å². The molecule has 3 rings (SSSR count). The summed E-state index contributed by atoms with van der Waals surface area (Å²) < 4.78 is 5.75. The molecule has 3 nitrogen and oxygen atoms in total. The Balaban J connectivity index is 2.24. The molecule has 0 aliphatic carbocycles. The smallest absolute Gasteiger partial charge is 0.315 e. The van der Waals surface area contributed by atoms with Gasteiger partial charge in [0.05, 0.1) is 0 Å². The first kappa shape index (κ1) is 10.8. The Hall–Kier alpha value is -2.29. The molecule has 2 aromatic carbocycles. The Morgan fingerprint density at radius 2 is 1.83 bits per heavy atom. The lowest BCUT2D eigenvalue weighted by atomic mass is 9.87. The molecule has 0 radical (unpaired) electrons. The minimum absolute atomic E-state index is 0.626. The third kappa shape index (κ3) is 1.56. The molecule has 0 spiro atoms. The third-order valence-corrected chi connectivity index (χ3v) is 3.17. The molecule has 18 heavy (non-hydrogen) atoms. The van der Waals surface area contributed by atoms with Crippen molar-refractivity contribution in [3.05, 3.63) is 59.2 Å². The van der Waals surface area contributed by atoms with Crippen LogP contribution in [-0.2, 0) is 4.79 Å². The van der Waals surface area contributed by atoms with E-state index in [0.717, 1.165) is 11.1 Å². The molecule has 0 saturated carbocycles. The number of aliphatic carboxylic acids is 1. The Kier molecular flexibility index (Phi) is 2.33. The molecule has 1 heterocycles. The van der Waals surface area contributed by atoms with E-state index in [2.05, 4.69) is 0 Å². The highest BCUT2D eigenvalue weighted by Crippen LogP contribution is 2.44. The van der Waals surface area contributed by atoms with Crippen LogP contribution < -0.4 is 4.74 Å². The van der Waals surface area contributed by atoms with Gasteiger partial charge in [-0.3, -0.25) is 4.79 Å². The van der Waals surface area contributed by atoms with Gasteiger partial charge in [0.25, 0.3) is 0 Å². The summed E-state index contributed by atoms with van der Waals surface area (Å²) in [7, 11) is 0. The first-order chi connectivity index (χ1) is 8.66. The minimum atomic E-state index is -0.849. The van der Waals surface area contributed by atoms with Gasteiger partial charge in [-0.15, -0.1) is 0 Å².